The van der Waals surface area contributed by atoms with Crippen LogP contribution in [0.5, 0.6) is 0 Å². The number of hydrogen-bond acceptors (Lipinski definition) is 4. The maximum Gasteiger partial charge on any atom is 0.259 e. The Morgan fingerprint density at radius 1 is 0.933 bits per heavy atom. The van der Waals surface area contributed by atoms with E-state index in [2.05, 4.69) is 33.7 Å². The van der Waals surface area contributed by atoms with Gasteiger partial charge < -0.3 is 0 Å². The fourth-order valence-corrected chi connectivity index (χ4v) is 5.58. The van der Waals surface area contributed by atoms with Crippen molar-refractivity contribution in [3.05, 3.63) is 81.6 Å². The van der Waals surface area contributed by atoms with Crippen molar-refractivity contribution in [2.24, 2.45) is 0 Å². The molecule has 0 amide bonds. The molecule has 0 unspecified atom stereocenters. The molecule has 6 nitrogen and oxygen atoms in total. The molecule has 6 heteroatoms. The lowest BCUT2D eigenvalue weighted by Crippen LogP contribution is -2.43. The number of rotatable bonds is 2. The number of tetrazole rings is 1. The predicted molar refractivity (Wildman–Crippen MR) is 114 cm³/mol. The molecule has 0 N–H and O–H groups in total. The Kier molecular flexibility index (Phi) is 3.88. The first-order valence-electron chi connectivity index (χ1n) is 10.7. The molecule has 0 radical (unpaired) electrons. The maximum atomic E-state index is 14.1. The minimum Gasteiger partial charge on any atom is -0.271 e. The van der Waals surface area contributed by atoms with Crippen LogP contribution >= 0.6 is 0 Å². The Hall–Kier alpha value is -3.28. The summed E-state index contributed by atoms with van der Waals surface area (Å²) in [5.74, 6) is 0.505. The van der Waals surface area contributed by atoms with Gasteiger partial charge in [-0.25, -0.2) is 0 Å². The van der Waals surface area contributed by atoms with Gasteiger partial charge in [-0.3, -0.25) is 9.36 Å². The minimum atomic E-state index is -0.127. The first-order valence-corrected chi connectivity index (χ1v) is 10.7. The highest BCUT2D eigenvalue weighted by molar-refractivity contribution is 5.73. The molecular weight excluding hydrogens is 374 g/mol. The van der Waals surface area contributed by atoms with Gasteiger partial charge >= 0.3 is 0 Å². The van der Waals surface area contributed by atoms with E-state index < -0.39 is 0 Å². The Morgan fingerprint density at radius 2 is 1.70 bits per heavy atom. The Balaban J connectivity index is 1.69. The number of aromatic nitrogens is 5. The number of hydrogen-bond donors (Lipinski definition) is 0. The van der Waals surface area contributed by atoms with Crippen LogP contribution in [0.1, 0.15) is 48.8 Å². The highest BCUT2D eigenvalue weighted by atomic mass is 16.1. The summed E-state index contributed by atoms with van der Waals surface area (Å²) in [6.45, 7) is 0.467. The van der Waals surface area contributed by atoms with Crippen molar-refractivity contribution in [3.8, 4) is 11.3 Å². The van der Waals surface area contributed by atoms with Crippen molar-refractivity contribution >= 4 is 5.78 Å². The van der Waals surface area contributed by atoms with Crippen molar-refractivity contribution in [2.75, 3.05) is 0 Å². The van der Waals surface area contributed by atoms with E-state index in [-0.39, 0.29) is 11.0 Å². The highest BCUT2D eigenvalue weighted by Gasteiger charge is 2.44. The van der Waals surface area contributed by atoms with Gasteiger partial charge in [0.15, 0.2) is 0 Å². The molecule has 2 aromatic heterocycles. The van der Waals surface area contributed by atoms with Crippen molar-refractivity contribution in [1.29, 1.82) is 0 Å². The highest BCUT2D eigenvalue weighted by Crippen LogP contribution is 2.48. The summed E-state index contributed by atoms with van der Waals surface area (Å²) in [5, 5.41) is 12.6. The van der Waals surface area contributed by atoms with Crippen molar-refractivity contribution in [1.82, 2.24) is 24.6 Å². The fourth-order valence-electron chi connectivity index (χ4n) is 5.58. The summed E-state index contributed by atoms with van der Waals surface area (Å²) in [7, 11) is 0. The molecule has 0 saturated heterocycles. The summed E-state index contributed by atoms with van der Waals surface area (Å²) in [6.07, 6.45) is 6.57. The van der Waals surface area contributed by atoms with E-state index in [4.69, 9.17) is 0 Å². The van der Waals surface area contributed by atoms with Crippen LogP contribution in [0.15, 0.2) is 59.4 Å². The second-order valence-electron chi connectivity index (χ2n) is 8.67. The molecule has 30 heavy (non-hydrogen) atoms. The SMILES string of the molecule is O=c1c2c(n3nnnc3n1Cc1ccccc1)-c1ccccc1CC21CCCCC1. The van der Waals surface area contributed by atoms with E-state index in [1.54, 1.807) is 9.08 Å². The van der Waals surface area contributed by atoms with Crippen LogP contribution in [0.3, 0.4) is 0 Å². The second-order valence-corrected chi connectivity index (χ2v) is 8.67. The Bertz CT molecular complexity index is 1300. The van der Waals surface area contributed by atoms with Gasteiger partial charge in [-0.1, -0.05) is 79.0 Å². The smallest absolute Gasteiger partial charge is 0.259 e. The predicted octanol–water partition coefficient (Wildman–Crippen LogP) is 3.76. The molecule has 2 aliphatic carbocycles. The molecule has 2 heterocycles. The third-order valence-electron chi connectivity index (χ3n) is 6.93. The monoisotopic (exact) mass is 397 g/mol. The van der Waals surface area contributed by atoms with Crippen LogP contribution in [-0.4, -0.2) is 24.6 Å². The average Bonchev–Trinajstić information content (AvgIpc) is 3.27. The molecule has 1 fully saturated rings. The molecular formula is C24H23N5O. The van der Waals surface area contributed by atoms with E-state index in [0.29, 0.717) is 12.3 Å². The largest absolute Gasteiger partial charge is 0.271 e. The zero-order valence-electron chi connectivity index (χ0n) is 16.8. The van der Waals surface area contributed by atoms with Crippen molar-refractivity contribution in [2.45, 2.75) is 50.5 Å². The third kappa shape index (κ3) is 2.49. The Morgan fingerprint density at radius 3 is 2.53 bits per heavy atom. The van der Waals surface area contributed by atoms with Gasteiger partial charge in [-0.05, 0) is 40.8 Å². The van der Waals surface area contributed by atoms with Crippen molar-refractivity contribution in [3.63, 3.8) is 0 Å². The molecule has 0 bridgehead atoms. The van der Waals surface area contributed by atoms with Crippen LogP contribution in [0.2, 0.25) is 0 Å². The van der Waals surface area contributed by atoms with E-state index >= 15 is 0 Å². The van der Waals surface area contributed by atoms with E-state index in [1.807, 2.05) is 36.4 Å². The van der Waals surface area contributed by atoms with Gasteiger partial charge in [0.1, 0.15) is 0 Å². The molecule has 1 spiro atoms. The maximum absolute atomic E-state index is 14.1. The number of fused-ring (bicyclic) bond motifs is 6. The standard InChI is InChI=1S/C24H23N5O/c30-22-20-21(19-12-6-5-11-18(19)15-24(20)13-7-2-8-14-24)29-23(25-26-27-29)28(22)16-17-9-3-1-4-10-17/h1,3-6,9-12H,2,7-8,13-16H2. The zero-order chi connectivity index (χ0) is 20.1. The molecule has 4 aromatic rings. The average molecular weight is 397 g/mol. The summed E-state index contributed by atoms with van der Waals surface area (Å²) in [5.41, 5.74) is 5.20. The number of nitrogens with zero attached hydrogens (tertiary/aromatic N) is 5. The van der Waals surface area contributed by atoms with E-state index in [0.717, 1.165) is 54.5 Å². The molecule has 1 saturated carbocycles. The summed E-state index contributed by atoms with van der Waals surface area (Å²) in [4.78, 5) is 14.1. The first-order chi connectivity index (χ1) is 14.8. The van der Waals surface area contributed by atoms with Crippen LogP contribution in [-0.2, 0) is 18.4 Å². The van der Waals surface area contributed by atoms with Gasteiger partial charge in [0.25, 0.3) is 11.3 Å². The quantitative estimate of drug-likeness (QED) is 0.517. The number of benzene rings is 2. The molecule has 150 valence electrons. The molecule has 0 aliphatic heterocycles. The summed E-state index contributed by atoms with van der Waals surface area (Å²) >= 11 is 0. The van der Waals surface area contributed by atoms with Gasteiger partial charge in [-0.15, -0.1) is 0 Å². The van der Waals surface area contributed by atoms with Gasteiger partial charge in [0.05, 0.1) is 17.8 Å². The lowest BCUT2D eigenvalue weighted by atomic mass is 9.62. The Labute approximate surface area is 174 Å². The van der Waals surface area contributed by atoms with Crippen molar-refractivity contribution < 1.29 is 0 Å². The minimum absolute atomic E-state index is 0.0626. The van der Waals surface area contributed by atoms with Crippen LogP contribution in [0.25, 0.3) is 17.0 Å². The molecule has 0 atom stereocenters. The van der Waals surface area contributed by atoms with Gasteiger partial charge in [0.2, 0.25) is 0 Å². The zero-order valence-corrected chi connectivity index (χ0v) is 16.8. The third-order valence-corrected chi connectivity index (χ3v) is 6.93. The first kappa shape index (κ1) is 17.6. The van der Waals surface area contributed by atoms with Gasteiger partial charge in [-0.2, -0.15) is 4.52 Å². The van der Waals surface area contributed by atoms with Crippen LogP contribution < -0.4 is 5.56 Å². The van der Waals surface area contributed by atoms with Crippen LogP contribution in [0.4, 0.5) is 0 Å². The second kappa shape index (κ2) is 6.62. The fraction of sp³-hybridized carbons (Fsp3) is 0.333. The lowest BCUT2D eigenvalue weighted by Gasteiger charge is -2.42. The van der Waals surface area contributed by atoms with E-state index in [1.165, 1.54) is 12.0 Å². The topological polar surface area (TPSA) is 65.1 Å². The van der Waals surface area contributed by atoms with Crippen LogP contribution in [0, 0.1) is 0 Å². The summed E-state index contributed by atoms with van der Waals surface area (Å²) in [6, 6.07) is 18.5. The lowest BCUT2D eigenvalue weighted by molar-refractivity contribution is 0.283. The molecule has 6 rings (SSSR count). The van der Waals surface area contributed by atoms with Gasteiger partial charge in [0, 0.05) is 11.0 Å². The molecule has 2 aromatic carbocycles. The normalized spacial score (nSPS) is 17.1. The van der Waals surface area contributed by atoms with E-state index in [9.17, 15) is 4.79 Å². The molecule has 2 aliphatic rings. The summed E-state index contributed by atoms with van der Waals surface area (Å²) < 4.78 is 3.56.